The van der Waals surface area contributed by atoms with Gasteiger partial charge in [-0.15, -0.1) is 0 Å². The van der Waals surface area contributed by atoms with Crippen LogP contribution in [0.3, 0.4) is 0 Å². The third-order valence-corrected chi connectivity index (χ3v) is 2.87. The number of unbranched alkanes of at least 4 members (excludes halogenated alkanes) is 1. The second-order valence-electron chi connectivity index (χ2n) is 4.14. The Labute approximate surface area is 123 Å². The van der Waals surface area contributed by atoms with Crippen molar-refractivity contribution in [2.24, 2.45) is 0 Å². The lowest BCUT2D eigenvalue weighted by Gasteiger charge is -2.12. The van der Waals surface area contributed by atoms with E-state index >= 15 is 0 Å². The van der Waals surface area contributed by atoms with Crippen molar-refractivity contribution in [2.45, 2.75) is 19.8 Å². The van der Waals surface area contributed by atoms with Crippen LogP contribution in [0.5, 0.6) is 11.5 Å². The van der Waals surface area contributed by atoms with E-state index in [-0.39, 0.29) is 23.3 Å². The molecule has 5 nitrogen and oxygen atoms in total. The Hall–Kier alpha value is -1.75. The van der Waals surface area contributed by atoms with Gasteiger partial charge in [0.25, 0.3) is 5.91 Å². The van der Waals surface area contributed by atoms with Gasteiger partial charge in [0.05, 0.1) is 12.1 Å². The van der Waals surface area contributed by atoms with Crippen molar-refractivity contribution in [3.63, 3.8) is 0 Å². The monoisotopic (exact) mass is 299 g/mol. The van der Waals surface area contributed by atoms with Crippen LogP contribution in [-0.4, -0.2) is 32.5 Å². The van der Waals surface area contributed by atoms with Gasteiger partial charge in [-0.2, -0.15) is 0 Å². The summed E-state index contributed by atoms with van der Waals surface area (Å²) >= 11 is 6.01. The summed E-state index contributed by atoms with van der Waals surface area (Å²) < 4.78 is 10.5. The SMILES string of the molecule is CCCCNC(=O)COc1c(Cl)cc(C=O)cc1OC. The molecule has 0 fully saturated rings. The second kappa shape index (κ2) is 8.43. The molecule has 20 heavy (non-hydrogen) atoms. The van der Waals surface area contributed by atoms with Crippen LogP contribution < -0.4 is 14.8 Å². The van der Waals surface area contributed by atoms with Crippen molar-refractivity contribution in [2.75, 3.05) is 20.3 Å². The Morgan fingerprint density at radius 3 is 2.80 bits per heavy atom. The zero-order valence-electron chi connectivity index (χ0n) is 11.6. The molecule has 1 N–H and O–H groups in total. The van der Waals surface area contributed by atoms with Crippen LogP contribution in [0.15, 0.2) is 12.1 Å². The predicted octanol–water partition coefficient (Wildman–Crippen LogP) is 2.46. The average Bonchev–Trinajstić information content (AvgIpc) is 2.45. The highest BCUT2D eigenvalue weighted by Gasteiger charge is 2.13. The molecule has 110 valence electrons. The number of aldehydes is 1. The molecule has 0 bridgehead atoms. The minimum atomic E-state index is -0.226. The molecule has 0 aliphatic carbocycles. The standard InChI is InChI=1S/C14H18ClNO4/c1-3-4-5-16-13(18)9-20-14-11(15)6-10(8-17)7-12(14)19-2/h6-8H,3-5,9H2,1-2H3,(H,16,18). The first-order valence-corrected chi connectivity index (χ1v) is 6.72. The van der Waals surface area contributed by atoms with Gasteiger partial charge in [-0.25, -0.2) is 0 Å². The van der Waals surface area contributed by atoms with Gasteiger partial charge in [0.1, 0.15) is 6.29 Å². The number of methoxy groups -OCH3 is 1. The molecule has 0 atom stereocenters. The van der Waals surface area contributed by atoms with E-state index < -0.39 is 0 Å². The topological polar surface area (TPSA) is 64.6 Å². The summed E-state index contributed by atoms with van der Waals surface area (Å²) in [6.45, 7) is 2.51. The summed E-state index contributed by atoms with van der Waals surface area (Å²) in [5.41, 5.74) is 0.381. The molecule has 1 aromatic carbocycles. The molecule has 0 radical (unpaired) electrons. The van der Waals surface area contributed by atoms with Gasteiger partial charge >= 0.3 is 0 Å². The van der Waals surface area contributed by atoms with Gasteiger partial charge in [-0.3, -0.25) is 9.59 Å². The fraction of sp³-hybridized carbons (Fsp3) is 0.429. The molecule has 1 aromatic rings. The third-order valence-electron chi connectivity index (χ3n) is 2.59. The minimum absolute atomic E-state index is 0.153. The molecular weight excluding hydrogens is 282 g/mol. The highest BCUT2D eigenvalue weighted by Crippen LogP contribution is 2.35. The Balaban J connectivity index is 2.67. The lowest BCUT2D eigenvalue weighted by molar-refractivity contribution is -0.123. The first kappa shape index (κ1) is 16.3. The van der Waals surface area contributed by atoms with Crippen molar-refractivity contribution in [3.8, 4) is 11.5 Å². The van der Waals surface area contributed by atoms with E-state index in [2.05, 4.69) is 5.32 Å². The molecule has 0 spiro atoms. The van der Waals surface area contributed by atoms with Crippen molar-refractivity contribution in [1.29, 1.82) is 0 Å². The Kier molecular flexibility index (Phi) is 6.87. The molecule has 0 aliphatic rings. The van der Waals surface area contributed by atoms with E-state index in [1.54, 1.807) is 0 Å². The number of rotatable bonds is 8. The normalized spacial score (nSPS) is 9.95. The smallest absolute Gasteiger partial charge is 0.257 e. The molecule has 0 heterocycles. The summed E-state index contributed by atoms with van der Waals surface area (Å²) in [5.74, 6) is 0.349. The second-order valence-corrected chi connectivity index (χ2v) is 4.55. The van der Waals surface area contributed by atoms with Crippen molar-refractivity contribution >= 4 is 23.8 Å². The van der Waals surface area contributed by atoms with Gasteiger partial charge in [-0.1, -0.05) is 24.9 Å². The molecule has 6 heteroatoms. The summed E-state index contributed by atoms with van der Waals surface area (Å²) in [5, 5.41) is 2.96. The first-order valence-electron chi connectivity index (χ1n) is 6.34. The van der Waals surface area contributed by atoms with E-state index in [1.807, 2.05) is 6.92 Å². The Morgan fingerprint density at radius 2 is 2.20 bits per heavy atom. The van der Waals surface area contributed by atoms with Crippen molar-refractivity contribution < 1.29 is 19.1 Å². The highest BCUT2D eigenvalue weighted by molar-refractivity contribution is 6.32. The van der Waals surface area contributed by atoms with Crippen molar-refractivity contribution in [1.82, 2.24) is 5.32 Å². The average molecular weight is 300 g/mol. The molecule has 0 unspecified atom stereocenters. The molecule has 1 amide bonds. The van der Waals surface area contributed by atoms with E-state index in [0.29, 0.717) is 24.1 Å². The quantitative estimate of drug-likeness (QED) is 0.591. The summed E-state index contributed by atoms with van der Waals surface area (Å²) in [6, 6.07) is 2.96. The van der Waals surface area contributed by atoms with Gasteiger partial charge in [0.15, 0.2) is 18.1 Å². The summed E-state index contributed by atoms with van der Waals surface area (Å²) in [7, 11) is 1.44. The number of carbonyl (C=O) groups is 2. The number of halogens is 1. The molecule has 0 saturated heterocycles. The van der Waals surface area contributed by atoms with E-state index in [9.17, 15) is 9.59 Å². The van der Waals surface area contributed by atoms with Gasteiger partial charge in [-0.05, 0) is 18.6 Å². The van der Waals surface area contributed by atoms with Crippen molar-refractivity contribution in [3.05, 3.63) is 22.7 Å². The van der Waals surface area contributed by atoms with Gasteiger partial charge < -0.3 is 14.8 Å². The lowest BCUT2D eigenvalue weighted by Crippen LogP contribution is -2.29. The van der Waals surface area contributed by atoms with Crippen LogP contribution in [0.1, 0.15) is 30.1 Å². The fourth-order valence-corrected chi connectivity index (χ4v) is 1.81. The maximum absolute atomic E-state index is 11.5. The highest BCUT2D eigenvalue weighted by atomic mass is 35.5. The van der Waals surface area contributed by atoms with Crippen LogP contribution in [0.4, 0.5) is 0 Å². The van der Waals surface area contributed by atoms with E-state index in [4.69, 9.17) is 21.1 Å². The third kappa shape index (κ3) is 4.74. The van der Waals surface area contributed by atoms with Crippen LogP contribution >= 0.6 is 11.6 Å². The molecule has 1 rings (SSSR count). The van der Waals surface area contributed by atoms with Gasteiger partial charge in [0, 0.05) is 12.1 Å². The molecular formula is C14H18ClNO4. The Bertz CT molecular complexity index is 476. The van der Waals surface area contributed by atoms with E-state index in [1.165, 1.54) is 19.2 Å². The number of ether oxygens (including phenoxy) is 2. The minimum Gasteiger partial charge on any atom is -0.493 e. The van der Waals surface area contributed by atoms with Crippen LogP contribution in [0, 0.1) is 0 Å². The maximum atomic E-state index is 11.5. The molecule has 0 saturated carbocycles. The molecule has 0 aliphatic heterocycles. The maximum Gasteiger partial charge on any atom is 0.257 e. The largest absolute Gasteiger partial charge is 0.493 e. The number of benzene rings is 1. The zero-order chi connectivity index (χ0) is 15.0. The number of carbonyl (C=O) groups excluding carboxylic acids is 2. The number of nitrogens with one attached hydrogen (secondary N) is 1. The predicted molar refractivity (Wildman–Crippen MR) is 76.8 cm³/mol. The number of amides is 1. The first-order chi connectivity index (χ1) is 9.62. The molecule has 0 aromatic heterocycles. The Morgan fingerprint density at radius 1 is 1.45 bits per heavy atom. The van der Waals surface area contributed by atoms with Crippen LogP contribution in [-0.2, 0) is 4.79 Å². The fourth-order valence-electron chi connectivity index (χ4n) is 1.54. The van der Waals surface area contributed by atoms with Crippen LogP contribution in [0.2, 0.25) is 5.02 Å². The van der Waals surface area contributed by atoms with Crippen LogP contribution in [0.25, 0.3) is 0 Å². The number of hydrogen-bond donors (Lipinski definition) is 1. The lowest BCUT2D eigenvalue weighted by atomic mass is 10.2. The zero-order valence-corrected chi connectivity index (χ0v) is 12.3. The van der Waals surface area contributed by atoms with Gasteiger partial charge in [0.2, 0.25) is 0 Å². The van der Waals surface area contributed by atoms with E-state index in [0.717, 1.165) is 12.8 Å². The summed E-state index contributed by atoms with van der Waals surface area (Å²) in [4.78, 5) is 22.3. The summed E-state index contributed by atoms with van der Waals surface area (Å²) in [6.07, 6.45) is 2.59. The number of hydrogen-bond acceptors (Lipinski definition) is 4.